The van der Waals surface area contributed by atoms with Crippen LogP contribution in [0.4, 0.5) is 5.69 Å². The van der Waals surface area contributed by atoms with E-state index in [1.165, 1.54) is 29.2 Å². The number of nitrogens with zero attached hydrogens (tertiary/aromatic N) is 2. The smallest absolute Gasteiger partial charge is 0.264 e. The molecule has 1 aliphatic carbocycles. The Kier molecular flexibility index (Phi) is 10.9. The van der Waals surface area contributed by atoms with Crippen molar-refractivity contribution in [3.05, 3.63) is 83.4 Å². The highest BCUT2D eigenvalue weighted by Crippen LogP contribution is 2.28. The minimum absolute atomic E-state index is 0.0210. The summed E-state index contributed by atoms with van der Waals surface area (Å²) >= 11 is 6.02. The van der Waals surface area contributed by atoms with E-state index in [1.807, 2.05) is 19.1 Å². The van der Waals surface area contributed by atoms with Gasteiger partial charge in [-0.2, -0.15) is 0 Å². The van der Waals surface area contributed by atoms with Gasteiger partial charge >= 0.3 is 0 Å². The van der Waals surface area contributed by atoms with Crippen LogP contribution in [0.5, 0.6) is 11.5 Å². The van der Waals surface area contributed by atoms with Gasteiger partial charge in [-0.15, -0.1) is 0 Å². The van der Waals surface area contributed by atoms with Crippen molar-refractivity contribution in [1.82, 2.24) is 10.2 Å². The number of rotatable bonds is 13. The van der Waals surface area contributed by atoms with Gasteiger partial charge in [0.2, 0.25) is 11.8 Å². The molecule has 2 amide bonds. The topological polar surface area (TPSA) is 105 Å². The summed E-state index contributed by atoms with van der Waals surface area (Å²) in [6.45, 7) is 3.54. The van der Waals surface area contributed by atoms with Crippen LogP contribution in [0.15, 0.2) is 77.7 Å². The van der Waals surface area contributed by atoms with E-state index < -0.39 is 28.5 Å². The molecule has 9 nitrogen and oxygen atoms in total. The maximum absolute atomic E-state index is 14.1. The summed E-state index contributed by atoms with van der Waals surface area (Å²) in [4.78, 5) is 28.9. The molecule has 1 N–H and O–H groups in total. The Bertz CT molecular complexity index is 1470. The number of methoxy groups -OCH3 is 1. The molecule has 4 rings (SSSR count). The van der Waals surface area contributed by atoms with Gasteiger partial charge in [-0.25, -0.2) is 8.42 Å². The molecule has 0 aromatic heterocycles. The summed E-state index contributed by atoms with van der Waals surface area (Å²) in [5.41, 5.74) is 1.04. The Hall–Kier alpha value is -3.76. The largest absolute Gasteiger partial charge is 0.497 e. The maximum atomic E-state index is 14.1. The summed E-state index contributed by atoms with van der Waals surface area (Å²) in [6, 6.07) is 18.7. The highest BCUT2D eigenvalue weighted by atomic mass is 35.5. The Morgan fingerprint density at radius 3 is 2.14 bits per heavy atom. The number of anilines is 1. The Balaban J connectivity index is 1.68. The van der Waals surface area contributed by atoms with Crippen LogP contribution in [0, 0.1) is 0 Å². The molecule has 230 valence electrons. The van der Waals surface area contributed by atoms with E-state index in [0.29, 0.717) is 23.1 Å². The fraction of sp³-hybridized carbons (Fsp3) is 0.375. The molecule has 0 aliphatic heterocycles. The second kappa shape index (κ2) is 14.6. The maximum Gasteiger partial charge on any atom is 0.264 e. The van der Waals surface area contributed by atoms with Crippen LogP contribution >= 0.6 is 11.6 Å². The fourth-order valence-corrected chi connectivity index (χ4v) is 6.58. The van der Waals surface area contributed by atoms with Gasteiger partial charge < -0.3 is 19.7 Å². The van der Waals surface area contributed by atoms with Crippen molar-refractivity contribution >= 4 is 39.1 Å². The second-order valence-electron chi connectivity index (χ2n) is 10.4. The highest BCUT2D eigenvalue weighted by molar-refractivity contribution is 7.92. The number of nitrogens with one attached hydrogen (secondary N) is 1. The third kappa shape index (κ3) is 8.20. The van der Waals surface area contributed by atoms with Gasteiger partial charge in [0.15, 0.2) is 0 Å². The minimum atomic E-state index is -4.20. The van der Waals surface area contributed by atoms with Crippen LogP contribution in [0.2, 0.25) is 5.02 Å². The molecule has 1 saturated carbocycles. The van der Waals surface area contributed by atoms with Gasteiger partial charge in [0.05, 0.1) is 24.3 Å². The van der Waals surface area contributed by atoms with E-state index in [0.717, 1.165) is 35.6 Å². The number of amides is 2. The van der Waals surface area contributed by atoms with Crippen LogP contribution in [0.1, 0.15) is 45.1 Å². The van der Waals surface area contributed by atoms with Crippen molar-refractivity contribution < 1.29 is 27.5 Å². The number of halogens is 1. The number of carbonyl (C=O) groups excluding carboxylic acids is 2. The molecule has 1 fully saturated rings. The molecule has 1 unspecified atom stereocenters. The normalized spacial score (nSPS) is 14.1. The first-order valence-electron chi connectivity index (χ1n) is 14.4. The Labute approximate surface area is 258 Å². The van der Waals surface area contributed by atoms with Crippen LogP contribution in [-0.2, 0) is 26.2 Å². The molecular weight excluding hydrogens is 590 g/mol. The van der Waals surface area contributed by atoms with Gasteiger partial charge in [-0.3, -0.25) is 13.9 Å². The summed E-state index contributed by atoms with van der Waals surface area (Å²) in [6.07, 6.45) is 3.90. The van der Waals surface area contributed by atoms with Crippen molar-refractivity contribution in [2.75, 3.05) is 24.6 Å². The number of hydrogen-bond acceptors (Lipinski definition) is 6. The number of sulfonamides is 1. The molecular formula is C32H38ClN3O6S. The van der Waals surface area contributed by atoms with Crippen molar-refractivity contribution in [1.29, 1.82) is 0 Å². The SMILES string of the molecule is CCOc1ccc(N(CC(=O)N(Cc2ccc(OC)cc2)C(C)C(=O)NC2CCCC2)S(=O)(=O)c2ccc(Cl)cc2)cc1. The summed E-state index contributed by atoms with van der Waals surface area (Å²) in [7, 11) is -2.64. The van der Waals surface area contributed by atoms with Crippen LogP contribution in [0.25, 0.3) is 0 Å². The number of hydrogen-bond donors (Lipinski definition) is 1. The molecule has 0 spiro atoms. The summed E-state index contributed by atoms with van der Waals surface area (Å²) < 4.78 is 39.8. The lowest BCUT2D eigenvalue weighted by Gasteiger charge is -2.32. The molecule has 0 bridgehead atoms. The third-order valence-corrected chi connectivity index (χ3v) is 9.54. The monoisotopic (exact) mass is 627 g/mol. The first kappa shape index (κ1) is 32.2. The first-order valence-corrected chi connectivity index (χ1v) is 16.2. The van der Waals surface area contributed by atoms with Gasteiger partial charge in [-0.1, -0.05) is 36.6 Å². The molecule has 0 radical (unpaired) electrons. The minimum Gasteiger partial charge on any atom is -0.497 e. The van der Waals surface area contributed by atoms with E-state index in [-0.39, 0.29) is 29.1 Å². The van der Waals surface area contributed by atoms with Crippen LogP contribution in [-0.4, -0.2) is 57.5 Å². The first-order chi connectivity index (χ1) is 20.6. The molecule has 3 aromatic rings. The lowest BCUT2D eigenvalue weighted by Crippen LogP contribution is -2.52. The molecule has 3 aromatic carbocycles. The van der Waals surface area contributed by atoms with E-state index in [2.05, 4.69) is 5.32 Å². The lowest BCUT2D eigenvalue weighted by atomic mass is 10.1. The van der Waals surface area contributed by atoms with Crippen molar-refractivity contribution in [3.63, 3.8) is 0 Å². The summed E-state index contributed by atoms with van der Waals surface area (Å²) in [5, 5.41) is 3.46. The van der Waals surface area contributed by atoms with E-state index in [4.69, 9.17) is 21.1 Å². The van der Waals surface area contributed by atoms with Crippen molar-refractivity contribution in [2.24, 2.45) is 0 Å². The standard InChI is InChI=1S/C32H38ClN3O6S/c1-4-42-29-17-13-27(14-18-29)36(43(39,40)30-19-11-25(33)12-20-30)22-31(37)35(21-24-9-15-28(41-3)16-10-24)23(2)32(38)34-26-7-5-6-8-26/h9-20,23,26H,4-8,21-22H2,1-3H3,(H,34,38). The van der Waals surface area contributed by atoms with E-state index in [1.54, 1.807) is 50.4 Å². The Morgan fingerprint density at radius 2 is 1.56 bits per heavy atom. The van der Waals surface area contributed by atoms with Gasteiger partial charge in [-0.05, 0) is 92.9 Å². The fourth-order valence-electron chi connectivity index (χ4n) is 5.04. The zero-order valence-electron chi connectivity index (χ0n) is 24.7. The van der Waals surface area contributed by atoms with Crippen LogP contribution in [0.3, 0.4) is 0 Å². The average Bonchev–Trinajstić information content (AvgIpc) is 3.52. The van der Waals surface area contributed by atoms with Gasteiger partial charge in [0.1, 0.15) is 24.1 Å². The molecule has 0 saturated heterocycles. The predicted molar refractivity (Wildman–Crippen MR) is 167 cm³/mol. The molecule has 1 atom stereocenters. The Morgan fingerprint density at radius 1 is 0.953 bits per heavy atom. The van der Waals surface area contributed by atoms with E-state index in [9.17, 15) is 18.0 Å². The quantitative estimate of drug-likeness (QED) is 0.271. The summed E-state index contributed by atoms with van der Waals surface area (Å²) in [5.74, 6) is 0.419. The van der Waals surface area contributed by atoms with Crippen molar-refractivity contribution in [3.8, 4) is 11.5 Å². The predicted octanol–water partition coefficient (Wildman–Crippen LogP) is 5.42. The molecule has 1 aliphatic rings. The number of ether oxygens (including phenoxy) is 2. The third-order valence-electron chi connectivity index (χ3n) is 7.50. The zero-order chi connectivity index (χ0) is 31.0. The van der Waals surface area contributed by atoms with Gasteiger partial charge in [0, 0.05) is 17.6 Å². The average molecular weight is 628 g/mol. The number of benzene rings is 3. The molecule has 0 heterocycles. The van der Waals surface area contributed by atoms with Gasteiger partial charge in [0.25, 0.3) is 10.0 Å². The number of carbonyl (C=O) groups is 2. The molecule has 11 heteroatoms. The zero-order valence-corrected chi connectivity index (χ0v) is 26.2. The molecule has 43 heavy (non-hydrogen) atoms. The van der Waals surface area contributed by atoms with Crippen molar-refractivity contribution in [2.45, 2.75) is 63.1 Å². The van der Waals surface area contributed by atoms with Crippen LogP contribution < -0.4 is 19.1 Å². The lowest BCUT2D eigenvalue weighted by molar-refractivity contribution is -0.139. The van der Waals surface area contributed by atoms with E-state index >= 15 is 0 Å². The highest BCUT2D eigenvalue weighted by Gasteiger charge is 2.33. The second-order valence-corrected chi connectivity index (χ2v) is 12.7.